The molecule has 2 N–H and O–H groups in total. The van der Waals surface area contributed by atoms with E-state index in [0.717, 1.165) is 5.57 Å². The first-order chi connectivity index (χ1) is 22.5. The summed E-state index contributed by atoms with van der Waals surface area (Å²) < 4.78 is 25.9. The zero-order chi connectivity index (χ0) is 34.2. The number of hydrogen-bond acceptors (Lipinski definition) is 6. The molecule has 250 valence electrons. The molecule has 2 bridgehead atoms. The molecule has 0 spiro atoms. The lowest BCUT2D eigenvalue weighted by atomic mass is 9.90. The number of benzene rings is 1. The van der Waals surface area contributed by atoms with Gasteiger partial charge in [0.25, 0.3) is 0 Å². The van der Waals surface area contributed by atoms with Crippen molar-refractivity contribution in [1.29, 1.82) is 0 Å². The fraction of sp³-hybridized carbons (Fsp3) is 0.389. The Morgan fingerprint density at radius 2 is 1.98 bits per heavy atom. The van der Waals surface area contributed by atoms with Crippen molar-refractivity contribution >= 4 is 40.9 Å². The maximum absolute atomic E-state index is 15.6. The highest BCUT2D eigenvalue weighted by Gasteiger charge is 2.32. The van der Waals surface area contributed by atoms with Gasteiger partial charge in [0.1, 0.15) is 5.83 Å². The summed E-state index contributed by atoms with van der Waals surface area (Å²) in [6, 6.07) is 8.40. The number of nitrogens with one attached hydrogen (secondary N) is 2. The molecule has 1 aromatic heterocycles. The van der Waals surface area contributed by atoms with E-state index in [-0.39, 0.29) is 22.8 Å². The molecule has 2 aliphatic rings. The summed E-state index contributed by atoms with van der Waals surface area (Å²) in [4.78, 5) is 45.7. The monoisotopic (exact) mass is 664 g/mol. The predicted octanol–water partition coefficient (Wildman–Crippen LogP) is 8.62. The van der Waals surface area contributed by atoms with Crippen LogP contribution < -0.4 is 15.4 Å². The van der Waals surface area contributed by atoms with Gasteiger partial charge in [-0.2, -0.15) is 0 Å². The van der Waals surface area contributed by atoms with Crippen LogP contribution in [0.2, 0.25) is 0 Å². The van der Waals surface area contributed by atoms with Crippen molar-refractivity contribution in [2.45, 2.75) is 65.8 Å². The van der Waals surface area contributed by atoms with Crippen LogP contribution in [0, 0.1) is 5.92 Å². The van der Waals surface area contributed by atoms with Crippen LogP contribution in [0.15, 0.2) is 76.1 Å². The van der Waals surface area contributed by atoms with E-state index in [1.54, 1.807) is 42.2 Å². The number of carbonyl (C=O) groups excluding carboxylic acids is 3. The molecule has 11 heteroatoms. The molecule has 3 heterocycles. The second-order valence-electron chi connectivity index (χ2n) is 11.7. The Labute approximate surface area is 280 Å². The van der Waals surface area contributed by atoms with E-state index in [9.17, 15) is 14.4 Å². The number of aromatic nitrogens is 1. The third-order valence-electron chi connectivity index (χ3n) is 8.55. The van der Waals surface area contributed by atoms with Crippen molar-refractivity contribution in [3.63, 3.8) is 0 Å². The Morgan fingerprint density at radius 3 is 2.64 bits per heavy atom. The number of allylic oxidation sites excluding steroid dienone is 6. The van der Waals surface area contributed by atoms with E-state index < -0.39 is 18.0 Å². The minimum Gasteiger partial charge on any atom is -0.481 e. The molecule has 3 amide bonds. The van der Waals surface area contributed by atoms with Crippen LogP contribution in [0.4, 0.5) is 20.6 Å². The van der Waals surface area contributed by atoms with Crippen LogP contribution in [0.5, 0.6) is 5.88 Å². The summed E-state index contributed by atoms with van der Waals surface area (Å²) in [5.41, 5.74) is 4.75. The lowest BCUT2D eigenvalue weighted by Crippen LogP contribution is -2.38. The van der Waals surface area contributed by atoms with Crippen molar-refractivity contribution in [3.8, 4) is 17.0 Å². The molecule has 2 aromatic rings. The molecule has 2 aliphatic heterocycles. The number of pyridine rings is 1. The van der Waals surface area contributed by atoms with E-state index in [2.05, 4.69) is 10.6 Å². The Kier molecular flexibility index (Phi) is 12.0. The summed E-state index contributed by atoms with van der Waals surface area (Å²) in [7, 11) is 2.79. The van der Waals surface area contributed by atoms with E-state index in [4.69, 9.17) is 26.1 Å². The van der Waals surface area contributed by atoms with Crippen LogP contribution >= 0.6 is 11.6 Å². The summed E-state index contributed by atoms with van der Waals surface area (Å²) in [5, 5.41) is 5.66. The van der Waals surface area contributed by atoms with Gasteiger partial charge in [0.05, 0.1) is 36.7 Å². The molecular weight excluding hydrogens is 623 g/mol. The van der Waals surface area contributed by atoms with Gasteiger partial charge < -0.3 is 19.7 Å². The normalized spacial score (nSPS) is 19.7. The van der Waals surface area contributed by atoms with Crippen LogP contribution in [0.1, 0.15) is 71.5 Å². The Hall–Kier alpha value is -4.44. The van der Waals surface area contributed by atoms with Gasteiger partial charge in [0, 0.05) is 41.4 Å². The van der Waals surface area contributed by atoms with Crippen LogP contribution in [0.25, 0.3) is 11.1 Å². The van der Waals surface area contributed by atoms with Gasteiger partial charge in [-0.05, 0) is 74.9 Å². The minimum absolute atomic E-state index is 0.00913. The predicted molar refractivity (Wildman–Crippen MR) is 183 cm³/mol. The molecule has 2 atom stereocenters. The number of anilines is 2. The van der Waals surface area contributed by atoms with Crippen molar-refractivity contribution in [1.82, 2.24) is 9.88 Å². The summed E-state index contributed by atoms with van der Waals surface area (Å²) >= 11 is 6.27. The van der Waals surface area contributed by atoms with E-state index in [1.807, 2.05) is 26.8 Å². The topological polar surface area (TPSA) is 110 Å². The molecule has 0 radical (unpaired) electrons. The molecule has 9 nitrogen and oxygen atoms in total. The first-order valence-electron chi connectivity index (χ1n) is 15.8. The third kappa shape index (κ3) is 8.29. The number of rotatable bonds is 7. The van der Waals surface area contributed by atoms with Crippen molar-refractivity contribution in [3.05, 3.63) is 81.8 Å². The third-order valence-corrected chi connectivity index (χ3v) is 8.85. The lowest BCUT2D eigenvalue weighted by Gasteiger charge is -2.35. The van der Waals surface area contributed by atoms with E-state index in [0.29, 0.717) is 83.9 Å². The molecule has 47 heavy (non-hydrogen) atoms. The summed E-state index contributed by atoms with van der Waals surface area (Å²) in [5.74, 6) is -0.949. The number of amides is 3. The van der Waals surface area contributed by atoms with Crippen LogP contribution in [0.3, 0.4) is 0 Å². The largest absolute Gasteiger partial charge is 0.481 e. The number of nitrogens with zero attached hydrogens (tertiary/aromatic N) is 2. The van der Waals surface area contributed by atoms with Gasteiger partial charge in [-0.3, -0.25) is 14.9 Å². The first kappa shape index (κ1) is 35.4. The first-order valence-corrected chi connectivity index (χ1v) is 16.1. The average molecular weight is 665 g/mol. The fourth-order valence-electron chi connectivity index (χ4n) is 5.85. The van der Waals surface area contributed by atoms with Crippen LogP contribution in [-0.2, 0) is 14.3 Å². The maximum atomic E-state index is 15.6. The second kappa shape index (κ2) is 15.9. The molecule has 1 aromatic carbocycles. The smallest absolute Gasteiger partial charge is 0.411 e. The molecule has 2 unspecified atom stereocenters. The lowest BCUT2D eigenvalue weighted by molar-refractivity contribution is -0.129. The Bertz CT molecular complexity index is 1660. The Balaban J connectivity index is 1.81. The standard InChI is InChI=1S/C36H42ClFN4O5/c1-7-10-27(37)34(38)33(21(3)8-2)23-15-16-42(32(43)19-23)30-12-9-11-22(4)35(44)41-28-20-25(39-36(45)47-6)13-14-26(28)24-17-29(30)40-31(18-24)46-5/h7,10,13-14,17-20,22,30H,8-9,11-12,15-16H2,1-6H3,(H,39,45)(H,41,44). The van der Waals surface area contributed by atoms with Crippen molar-refractivity contribution in [2.24, 2.45) is 5.92 Å². The number of fused-ring (bicyclic) bond motifs is 4. The number of halogens is 2. The van der Waals surface area contributed by atoms with Gasteiger partial charge in [0.2, 0.25) is 17.7 Å². The summed E-state index contributed by atoms with van der Waals surface area (Å²) in [6.07, 6.45) is 6.84. The second-order valence-corrected chi connectivity index (χ2v) is 12.1. The van der Waals surface area contributed by atoms with Crippen molar-refractivity contribution in [2.75, 3.05) is 31.4 Å². The quantitative estimate of drug-likeness (QED) is 0.287. The average Bonchev–Trinajstić information content (AvgIpc) is 3.06. The number of hydrogen-bond donors (Lipinski definition) is 2. The highest BCUT2D eigenvalue weighted by atomic mass is 35.5. The molecule has 0 saturated carbocycles. The van der Waals surface area contributed by atoms with Gasteiger partial charge in [-0.1, -0.05) is 49.6 Å². The Morgan fingerprint density at radius 1 is 1.21 bits per heavy atom. The maximum Gasteiger partial charge on any atom is 0.411 e. The minimum atomic E-state index is -0.635. The van der Waals surface area contributed by atoms with Gasteiger partial charge in [-0.25, -0.2) is 14.2 Å². The molecule has 4 rings (SSSR count). The van der Waals surface area contributed by atoms with Gasteiger partial charge >= 0.3 is 6.09 Å². The highest BCUT2D eigenvalue weighted by molar-refractivity contribution is 6.31. The highest BCUT2D eigenvalue weighted by Crippen LogP contribution is 2.39. The molecule has 0 fully saturated rings. The number of methoxy groups -OCH3 is 2. The molecule has 0 saturated heterocycles. The van der Waals surface area contributed by atoms with Crippen LogP contribution in [-0.4, -0.2) is 48.6 Å². The zero-order valence-corrected chi connectivity index (χ0v) is 28.5. The van der Waals surface area contributed by atoms with Gasteiger partial charge in [-0.15, -0.1) is 0 Å². The SMILES string of the molecule is CC=CC(Cl)=C(F)C(C1=CC(=O)N(C2CCCC(C)C(=O)Nc3cc(NC(=O)OC)ccc3-c3cc(OC)nc2c3)CC1)=C(C)CC. The molecular formula is C36H42ClFN4O5. The fourth-order valence-corrected chi connectivity index (χ4v) is 6.07. The number of carbonyl (C=O) groups is 3. The van der Waals surface area contributed by atoms with Gasteiger partial charge in [0.15, 0.2) is 0 Å². The zero-order valence-electron chi connectivity index (χ0n) is 27.7. The van der Waals surface area contributed by atoms with E-state index in [1.165, 1.54) is 26.4 Å². The molecule has 0 aliphatic carbocycles. The number of ether oxygens (including phenoxy) is 2. The summed E-state index contributed by atoms with van der Waals surface area (Å²) in [6.45, 7) is 7.76. The van der Waals surface area contributed by atoms with E-state index >= 15 is 4.39 Å². The van der Waals surface area contributed by atoms with Crippen molar-refractivity contribution < 1.29 is 28.2 Å².